The molecule has 1 amide bonds. The summed E-state index contributed by atoms with van der Waals surface area (Å²) in [6.07, 6.45) is 1.66. The molecule has 0 aliphatic carbocycles. The van der Waals surface area contributed by atoms with E-state index in [9.17, 15) is 13.2 Å². The van der Waals surface area contributed by atoms with Gasteiger partial charge in [-0.3, -0.25) is 4.79 Å². The molecule has 0 unspecified atom stereocenters. The fraction of sp³-hybridized carbons (Fsp3) is 0.391. The molecule has 1 aromatic heterocycles. The van der Waals surface area contributed by atoms with E-state index in [1.165, 1.54) is 35.0 Å². The van der Waals surface area contributed by atoms with E-state index in [0.717, 1.165) is 24.9 Å². The van der Waals surface area contributed by atoms with Gasteiger partial charge in [-0.25, -0.2) is 18.5 Å². The number of sulfonamides is 1. The number of nitrogens with one attached hydrogen (secondary N) is 1. The summed E-state index contributed by atoms with van der Waals surface area (Å²) >= 11 is 1.34. The normalized spacial score (nSPS) is 11.9. The number of hydrogen-bond donors (Lipinski definition) is 2. The fourth-order valence-corrected chi connectivity index (χ4v) is 4.82. The van der Waals surface area contributed by atoms with Crippen LogP contribution in [-0.4, -0.2) is 36.2 Å². The second kappa shape index (κ2) is 10.5. The number of rotatable bonds is 10. The first-order valence-electron chi connectivity index (χ1n) is 10.7. The minimum atomic E-state index is -3.80. The van der Waals surface area contributed by atoms with Crippen LogP contribution >= 0.6 is 11.8 Å². The van der Waals surface area contributed by atoms with Gasteiger partial charge in [0.2, 0.25) is 15.9 Å². The molecule has 9 heteroatoms. The molecule has 0 bridgehead atoms. The van der Waals surface area contributed by atoms with Crippen LogP contribution in [0.25, 0.3) is 11.0 Å². The molecule has 0 spiro atoms. The largest absolute Gasteiger partial charge is 0.355 e. The highest BCUT2D eigenvalue weighted by Gasteiger charge is 2.16. The zero-order valence-electron chi connectivity index (χ0n) is 18.7. The Morgan fingerprint density at radius 1 is 1.19 bits per heavy atom. The molecule has 7 nitrogen and oxygen atoms in total. The summed E-state index contributed by atoms with van der Waals surface area (Å²) in [5.74, 6) is 0.680. The molecule has 0 aliphatic rings. The van der Waals surface area contributed by atoms with Crippen molar-refractivity contribution in [1.82, 2.24) is 14.9 Å². The third-order valence-corrected chi connectivity index (χ3v) is 7.06. The lowest BCUT2D eigenvalue weighted by Crippen LogP contribution is -2.27. The predicted octanol–water partition coefficient (Wildman–Crippen LogP) is 3.67. The highest BCUT2D eigenvalue weighted by Crippen LogP contribution is 2.26. The van der Waals surface area contributed by atoms with Crippen LogP contribution in [0, 0.1) is 0 Å². The number of imidazole rings is 1. The van der Waals surface area contributed by atoms with Gasteiger partial charge in [0, 0.05) is 13.1 Å². The lowest BCUT2D eigenvalue weighted by molar-refractivity contribution is -0.118. The third kappa shape index (κ3) is 6.11. The molecule has 3 rings (SSSR count). The average molecular weight is 475 g/mol. The van der Waals surface area contributed by atoms with Crippen molar-refractivity contribution in [2.45, 2.75) is 56.1 Å². The molecule has 0 saturated carbocycles. The third-order valence-electron chi connectivity index (χ3n) is 5.18. The van der Waals surface area contributed by atoms with E-state index < -0.39 is 10.0 Å². The highest BCUT2D eigenvalue weighted by atomic mass is 32.2. The fourth-order valence-electron chi connectivity index (χ4n) is 3.41. The smallest absolute Gasteiger partial charge is 0.238 e. The number of primary sulfonamides is 1. The summed E-state index contributed by atoms with van der Waals surface area (Å²) in [4.78, 5) is 16.9. The van der Waals surface area contributed by atoms with Gasteiger partial charge in [-0.15, -0.1) is 0 Å². The number of carbonyl (C=O) groups is 1. The number of nitrogens with two attached hydrogens (primary N) is 1. The number of aryl methyl sites for hydroxylation is 1. The summed E-state index contributed by atoms with van der Waals surface area (Å²) in [6.45, 7) is 7.69. The molecule has 1 heterocycles. The molecule has 0 atom stereocenters. The molecule has 3 aromatic rings. The first kappa shape index (κ1) is 24.3. The lowest BCUT2D eigenvalue weighted by Gasteiger charge is -2.09. The maximum Gasteiger partial charge on any atom is 0.238 e. The molecule has 0 radical (unpaired) electrons. The summed E-state index contributed by atoms with van der Waals surface area (Å²) in [5, 5.41) is 8.89. The van der Waals surface area contributed by atoms with Gasteiger partial charge in [0.1, 0.15) is 0 Å². The van der Waals surface area contributed by atoms with Crippen molar-refractivity contribution in [2.75, 3.05) is 12.3 Å². The Labute approximate surface area is 193 Å². The van der Waals surface area contributed by atoms with Crippen LogP contribution in [0.4, 0.5) is 0 Å². The number of aromatic nitrogens is 2. The topological polar surface area (TPSA) is 107 Å². The van der Waals surface area contributed by atoms with Gasteiger partial charge in [0.05, 0.1) is 21.7 Å². The Balaban J connectivity index is 1.60. The molecule has 32 heavy (non-hydrogen) atoms. The van der Waals surface area contributed by atoms with Gasteiger partial charge in [-0.05, 0) is 48.1 Å². The number of fused-ring (bicyclic) bond motifs is 1. The Kier molecular flexibility index (Phi) is 7.97. The summed E-state index contributed by atoms with van der Waals surface area (Å²) in [6, 6.07) is 13.2. The van der Waals surface area contributed by atoms with Crippen molar-refractivity contribution >= 4 is 38.7 Å². The van der Waals surface area contributed by atoms with E-state index in [1.807, 2.05) is 4.57 Å². The van der Waals surface area contributed by atoms with E-state index in [-0.39, 0.29) is 16.6 Å². The Morgan fingerprint density at radius 3 is 2.53 bits per heavy atom. The highest BCUT2D eigenvalue weighted by molar-refractivity contribution is 7.99. The molecular weight excluding hydrogens is 444 g/mol. The summed E-state index contributed by atoms with van der Waals surface area (Å²) in [5.41, 5.74) is 3.88. The average Bonchev–Trinajstić information content (AvgIpc) is 3.09. The van der Waals surface area contributed by atoms with E-state index in [4.69, 9.17) is 5.14 Å². The number of amides is 1. The van der Waals surface area contributed by atoms with E-state index in [0.29, 0.717) is 23.1 Å². The predicted molar refractivity (Wildman–Crippen MR) is 129 cm³/mol. The Bertz CT molecular complexity index is 1190. The van der Waals surface area contributed by atoms with Gasteiger partial charge >= 0.3 is 0 Å². The maximum atomic E-state index is 12.4. The van der Waals surface area contributed by atoms with E-state index >= 15 is 0 Å². The molecule has 0 saturated heterocycles. The van der Waals surface area contributed by atoms with Crippen molar-refractivity contribution in [3.63, 3.8) is 0 Å². The van der Waals surface area contributed by atoms with Crippen LogP contribution in [0.15, 0.2) is 52.5 Å². The number of benzene rings is 2. The molecule has 3 N–H and O–H groups in total. The van der Waals surface area contributed by atoms with Crippen LogP contribution < -0.4 is 10.5 Å². The van der Waals surface area contributed by atoms with Crippen molar-refractivity contribution in [2.24, 2.45) is 5.14 Å². The van der Waals surface area contributed by atoms with E-state index in [2.05, 4.69) is 55.3 Å². The second-order valence-electron chi connectivity index (χ2n) is 8.03. The number of hydrogen-bond acceptors (Lipinski definition) is 5. The number of carbonyl (C=O) groups excluding carboxylic acids is 1. The second-order valence-corrected chi connectivity index (χ2v) is 10.5. The van der Waals surface area contributed by atoms with Crippen LogP contribution in [0.2, 0.25) is 0 Å². The van der Waals surface area contributed by atoms with Crippen LogP contribution in [-0.2, 0) is 27.8 Å². The molecule has 0 aliphatic heterocycles. The van der Waals surface area contributed by atoms with Crippen molar-refractivity contribution in [1.29, 1.82) is 0 Å². The van der Waals surface area contributed by atoms with Gasteiger partial charge < -0.3 is 9.88 Å². The number of nitrogens with zero attached hydrogens (tertiary/aromatic N) is 2. The van der Waals surface area contributed by atoms with Crippen molar-refractivity contribution in [3.05, 3.63) is 53.6 Å². The van der Waals surface area contributed by atoms with Gasteiger partial charge in [-0.2, -0.15) is 0 Å². The van der Waals surface area contributed by atoms with Crippen molar-refractivity contribution < 1.29 is 13.2 Å². The molecule has 2 aromatic carbocycles. The monoisotopic (exact) mass is 474 g/mol. The zero-order chi connectivity index (χ0) is 23.3. The van der Waals surface area contributed by atoms with Gasteiger partial charge in [0.25, 0.3) is 0 Å². The number of thioether (sulfide) groups is 1. The minimum Gasteiger partial charge on any atom is -0.355 e. The van der Waals surface area contributed by atoms with E-state index in [1.54, 1.807) is 6.07 Å². The summed E-state index contributed by atoms with van der Waals surface area (Å²) in [7, 11) is -3.80. The lowest BCUT2D eigenvalue weighted by atomic mass is 10.0. The standard InChI is InChI=1S/C23H30N4O3S2/c1-4-13-27-21-10-9-19(32(24,29)30)14-20(21)26-23(27)31-15-22(28)25-12-11-17-5-7-18(8-6-17)16(2)3/h5-10,14,16H,4,11-13,15H2,1-3H3,(H,25,28)(H2,24,29,30). The molecule has 0 fully saturated rings. The van der Waals surface area contributed by atoms with Gasteiger partial charge in [-0.1, -0.05) is 56.8 Å². The Hall–Kier alpha value is -2.36. The van der Waals surface area contributed by atoms with Crippen LogP contribution in [0.1, 0.15) is 44.2 Å². The first-order chi connectivity index (χ1) is 15.2. The van der Waals surface area contributed by atoms with Gasteiger partial charge in [0.15, 0.2) is 5.16 Å². The maximum absolute atomic E-state index is 12.4. The molecule has 172 valence electrons. The summed E-state index contributed by atoms with van der Waals surface area (Å²) < 4.78 is 25.3. The van der Waals surface area contributed by atoms with Crippen molar-refractivity contribution in [3.8, 4) is 0 Å². The minimum absolute atomic E-state index is 0.0295. The van der Waals surface area contributed by atoms with Crippen LogP contribution in [0.5, 0.6) is 0 Å². The SMILES string of the molecule is CCCn1c(SCC(=O)NCCc2ccc(C(C)C)cc2)nc2cc(S(N)(=O)=O)ccc21. The molecular formula is C23H30N4O3S2. The first-order valence-corrected chi connectivity index (χ1v) is 13.2. The quantitative estimate of drug-likeness (QED) is 0.436. The zero-order valence-corrected chi connectivity index (χ0v) is 20.3. The van der Waals surface area contributed by atoms with Crippen LogP contribution in [0.3, 0.4) is 0 Å². The Morgan fingerprint density at radius 2 is 1.91 bits per heavy atom.